The van der Waals surface area contributed by atoms with Crippen LogP contribution in [-0.4, -0.2) is 47.3 Å². The van der Waals surface area contributed by atoms with Gasteiger partial charge in [-0.15, -0.1) is 0 Å². The van der Waals surface area contributed by atoms with Gasteiger partial charge in [-0.3, -0.25) is 19.4 Å². The lowest BCUT2D eigenvalue weighted by atomic mass is 9.90. The lowest BCUT2D eigenvalue weighted by molar-refractivity contribution is -0.145. The average molecular weight is 438 g/mol. The molecule has 0 unspecified atom stereocenters. The number of carbonyl (C=O) groups excluding carboxylic acids is 3. The Balaban J connectivity index is 2.20. The van der Waals surface area contributed by atoms with Crippen molar-refractivity contribution in [3.8, 4) is 6.07 Å². The van der Waals surface area contributed by atoms with Crippen LogP contribution >= 0.6 is 0 Å². The van der Waals surface area contributed by atoms with Gasteiger partial charge in [0.15, 0.2) is 0 Å². The molecule has 0 aromatic carbocycles. The summed E-state index contributed by atoms with van der Waals surface area (Å²) in [5.41, 5.74) is 6.58. The molecule has 9 heteroatoms. The van der Waals surface area contributed by atoms with Crippen molar-refractivity contribution in [3.05, 3.63) is 59.7 Å². The van der Waals surface area contributed by atoms with Crippen molar-refractivity contribution >= 4 is 23.4 Å². The summed E-state index contributed by atoms with van der Waals surface area (Å²) < 4.78 is 5.21. The van der Waals surface area contributed by atoms with Gasteiger partial charge in [-0.2, -0.15) is 5.26 Å². The van der Waals surface area contributed by atoms with E-state index in [2.05, 4.69) is 16.9 Å². The van der Waals surface area contributed by atoms with Gasteiger partial charge >= 0.3 is 11.8 Å². The number of primary amides is 1. The molecule has 9 nitrogen and oxygen atoms in total. The van der Waals surface area contributed by atoms with Gasteiger partial charge in [0.1, 0.15) is 5.76 Å². The van der Waals surface area contributed by atoms with Gasteiger partial charge in [-0.25, -0.2) is 0 Å². The highest BCUT2D eigenvalue weighted by Crippen LogP contribution is 2.27. The van der Waals surface area contributed by atoms with E-state index in [-0.39, 0.29) is 23.2 Å². The third-order valence-electron chi connectivity index (χ3n) is 5.19. The number of nitrogens with zero attached hydrogens (tertiary/aromatic N) is 3. The molecule has 0 spiro atoms. The second kappa shape index (κ2) is 10.9. The topological polar surface area (TPSA) is 138 Å². The number of carbonyl (C=O) groups is 3. The van der Waals surface area contributed by atoms with E-state index in [1.165, 1.54) is 30.5 Å². The van der Waals surface area contributed by atoms with Crippen LogP contribution in [0, 0.1) is 17.2 Å². The number of piperidine rings is 1. The molecule has 168 valence electrons. The summed E-state index contributed by atoms with van der Waals surface area (Å²) in [6.45, 7) is 8.11. The maximum Gasteiger partial charge on any atom is 0.313 e. The zero-order valence-electron chi connectivity index (χ0n) is 18.4. The number of amides is 3. The van der Waals surface area contributed by atoms with E-state index in [4.69, 9.17) is 15.7 Å². The number of pyridine rings is 1. The van der Waals surface area contributed by atoms with Crippen molar-refractivity contribution < 1.29 is 19.1 Å². The van der Waals surface area contributed by atoms with E-state index in [0.717, 1.165) is 6.42 Å². The Morgan fingerprint density at radius 3 is 2.69 bits per heavy atom. The normalized spacial score (nSPS) is 19.0. The Morgan fingerprint density at radius 1 is 1.34 bits per heavy atom. The van der Waals surface area contributed by atoms with Crippen LogP contribution in [0.15, 0.2) is 54.1 Å². The van der Waals surface area contributed by atoms with Crippen molar-refractivity contribution in [1.29, 1.82) is 5.26 Å². The molecule has 1 aliphatic rings. The second-order valence-corrected chi connectivity index (χ2v) is 7.65. The molecule has 2 rings (SSSR count). The minimum absolute atomic E-state index is 0.118. The summed E-state index contributed by atoms with van der Waals surface area (Å²) in [7, 11) is 1.47. The van der Waals surface area contributed by atoms with Gasteiger partial charge in [-0.05, 0) is 43.4 Å². The molecule has 0 bridgehead atoms. The predicted molar refractivity (Wildman–Crippen MR) is 119 cm³/mol. The maximum absolute atomic E-state index is 13.0. The maximum atomic E-state index is 13.0. The van der Waals surface area contributed by atoms with E-state index < -0.39 is 17.7 Å². The lowest BCUT2D eigenvalue weighted by Crippen LogP contribution is -2.50. The largest absolute Gasteiger partial charge is 0.496 e. The zero-order valence-corrected chi connectivity index (χ0v) is 18.4. The van der Waals surface area contributed by atoms with E-state index in [0.29, 0.717) is 29.9 Å². The predicted octanol–water partition coefficient (Wildman–Crippen LogP) is 2.30. The van der Waals surface area contributed by atoms with Crippen LogP contribution in [0.4, 0.5) is 5.69 Å². The minimum Gasteiger partial charge on any atom is -0.496 e. The molecule has 0 aliphatic carbocycles. The molecule has 2 atom stereocenters. The summed E-state index contributed by atoms with van der Waals surface area (Å²) >= 11 is 0. The van der Waals surface area contributed by atoms with Gasteiger partial charge in [0, 0.05) is 12.7 Å². The van der Waals surface area contributed by atoms with Crippen LogP contribution in [0.25, 0.3) is 0 Å². The smallest absolute Gasteiger partial charge is 0.313 e. The quantitative estimate of drug-likeness (QED) is 0.303. The highest BCUT2D eigenvalue weighted by molar-refractivity contribution is 6.39. The first-order valence-corrected chi connectivity index (χ1v) is 10.1. The number of ether oxygens (including phenoxy) is 1. The summed E-state index contributed by atoms with van der Waals surface area (Å²) in [5.74, 6) is -1.63. The molecule has 0 radical (unpaired) electrons. The summed E-state index contributed by atoms with van der Waals surface area (Å²) in [5, 5.41) is 11.5. The van der Waals surface area contributed by atoms with Crippen molar-refractivity contribution in [3.63, 3.8) is 0 Å². The fourth-order valence-corrected chi connectivity index (χ4v) is 3.42. The molecule has 3 amide bonds. The first kappa shape index (κ1) is 24.3. The van der Waals surface area contributed by atoms with Crippen LogP contribution in [-0.2, 0) is 14.3 Å². The van der Waals surface area contributed by atoms with E-state index >= 15 is 0 Å². The Morgan fingerprint density at radius 2 is 2.06 bits per heavy atom. The number of rotatable bonds is 6. The fourth-order valence-electron chi connectivity index (χ4n) is 3.42. The van der Waals surface area contributed by atoms with Gasteiger partial charge < -0.3 is 20.7 Å². The number of likely N-dealkylation sites (tertiary alicyclic amines) is 1. The first-order chi connectivity index (χ1) is 15.2. The Bertz CT molecular complexity index is 1020. The number of hydrogen-bond acceptors (Lipinski definition) is 6. The van der Waals surface area contributed by atoms with Gasteiger partial charge in [0.2, 0.25) is 5.91 Å². The SMILES string of the molecule is C=C(/C=C\C(OC)=C(/C)C#N)[C@@H]1CC[C@@H](C)CN1C(=O)C(=O)Nc1cncc(C(N)=O)c1. The molecule has 1 aliphatic heterocycles. The van der Waals surface area contributed by atoms with Crippen LogP contribution in [0.3, 0.4) is 0 Å². The molecule has 32 heavy (non-hydrogen) atoms. The van der Waals surface area contributed by atoms with E-state index in [1.807, 2.05) is 13.0 Å². The number of nitrogens with one attached hydrogen (secondary N) is 1. The standard InChI is InChI=1S/C23H27N5O4/c1-14-5-7-19(15(2)6-8-20(32-4)16(3)10-24)28(13-14)23(31)22(30)27-18-9-17(21(25)29)11-26-12-18/h6,8-9,11-12,14,19H,2,5,7,13H2,1,3-4H3,(H2,25,29)(H,27,30)/b8-6-,20-16-/t14-,19+/m1/s1. The van der Waals surface area contributed by atoms with E-state index in [9.17, 15) is 14.4 Å². The number of anilines is 1. The molecule has 1 aromatic rings. The van der Waals surface area contributed by atoms with Gasteiger partial charge in [0.25, 0.3) is 0 Å². The van der Waals surface area contributed by atoms with Crippen molar-refractivity contribution in [2.45, 2.75) is 32.7 Å². The third-order valence-corrected chi connectivity index (χ3v) is 5.19. The molecule has 3 N–H and O–H groups in total. The summed E-state index contributed by atoms with van der Waals surface area (Å²) in [6, 6.07) is 3.00. The molecule has 2 heterocycles. The zero-order chi connectivity index (χ0) is 23.8. The van der Waals surface area contributed by atoms with Crippen molar-refractivity contribution in [2.75, 3.05) is 19.0 Å². The lowest BCUT2D eigenvalue weighted by Gasteiger charge is -2.38. The fraction of sp³-hybridized carbons (Fsp3) is 0.348. The van der Waals surface area contributed by atoms with E-state index in [1.54, 1.807) is 19.1 Å². The molecule has 1 aromatic heterocycles. The Kier molecular flexibility index (Phi) is 8.30. The molecule has 0 saturated carbocycles. The van der Waals surface area contributed by atoms with Crippen molar-refractivity contribution in [2.24, 2.45) is 11.7 Å². The number of hydrogen-bond donors (Lipinski definition) is 2. The number of nitriles is 1. The van der Waals surface area contributed by atoms with Crippen LogP contribution in [0.2, 0.25) is 0 Å². The monoisotopic (exact) mass is 437 g/mol. The average Bonchev–Trinajstić information content (AvgIpc) is 2.78. The summed E-state index contributed by atoms with van der Waals surface area (Å²) in [4.78, 5) is 42.3. The van der Waals surface area contributed by atoms with Crippen LogP contribution in [0.5, 0.6) is 0 Å². The minimum atomic E-state index is -0.845. The summed E-state index contributed by atoms with van der Waals surface area (Å²) in [6.07, 6.45) is 7.44. The van der Waals surface area contributed by atoms with Crippen molar-refractivity contribution in [1.82, 2.24) is 9.88 Å². The van der Waals surface area contributed by atoms with Crippen LogP contribution < -0.4 is 11.1 Å². The Labute approximate surface area is 187 Å². The number of methoxy groups -OCH3 is 1. The third kappa shape index (κ3) is 6.04. The molecular weight excluding hydrogens is 410 g/mol. The number of nitrogens with two attached hydrogens (primary N) is 1. The molecule has 1 saturated heterocycles. The second-order valence-electron chi connectivity index (χ2n) is 7.65. The van der Waals surface area contributed by atoms with Gasteiger partial charge in [-0.1, -0.05) is 19.6 Å². The van der Waals surface area contributed by atoms with Crippen LogP contribution in [0.1, 0.15) is 37.0 Å². The first-order valence-electron chi connectivity index (χ1n) is 10.1. The Hall–Kier alpha value is -3.93. The molecular formula is C23H27N5O4. The highest BCUT2D eigenvalue weighted by atomic mass is 16.5. The molecule has 1 fully saturated rings. The number of allylic oxidation sites excluding steroid dienone is 2. The highest BCUT2D eigenvalue weighted by Gasteiger charge is 2.34. The number of aromatic nitrogens is 1. The van der Waals surface area contributed by atoms with Gasteiger partial charge in [0.05, 0.1) is 42.2 Å².